The van der Waals surface area contributed by atoms with Gasteiger partial charge in [0.2, 0.25) is 0 Å². The summed E-state index contributed by atoms with van der Waals surface area (Å²) >= 11 is 18.2. The second-order valence-corrected chi connectivity index (χ2v) is 5.20. The lowest BCUT2D eigenvalue weighted by molar-refractivity contribution is 0.386. The summed E-state index contributed by atoms with van der Waals surface area (Å²) in [4.78, 5) is 0. The lowest BCUT2D eigenvalue weighted by Crippen LogP contribution is -1.97. The topological polar surface area (TPSA) is 9.23 Å². The van der Waals surface area contributed by atoms with Crippen LogP contribution in [-0.2, 0) is 0 Å². The predicted octanol–water partition coefficient (Wildman–Crippen LogP) is 5.47. The molecule has 0 aliphatic heterocycles. The van der Waals surface area contributed by atoms with E-state index < -0.39 is 11.2 Å². The van der Waals surface area contributed by atoms with Gasteiger partial charge in [-0.25, -0.2) is 4.39 Å². The number of hydrogen-bond donors (Lipinski definition) is 0. The van der Waals surface area contributed by atoms with Crippen molar-refractivity contribution in [2.75, 3.05) is 7.11 Å². The molecule has 0 aliphatic rings. The molecule has 1 nitrogen and oxygen atoms in total. The minimum atomic E-state index is -0.551. The van der Waals surface area contributed by atoms with Crippen molar-refractivity contribution in [1.29, 1.82) is 0 Å². The Balaban J connectivity index is 2.38. The van der Waals surface area contributed by atoms with Gasteiger partial charge < -0.3 is 4.74 Å². The molecule has 1 atom stereocenters. The Morgan fingerprint density at radius 3 is 2.42 bits per heavy atom. The van der Waals surface area contributed by atoms with Gasteiger partial charge >= 0.3 is 0 Å². The minimum Gasteiger partial charge on any atom is -0.494 e. The molecule has 5 heteroatoms. The monoisotopic (exact) mass is 318 g/mol. The van der Waals surface area contributed by atoms with Crippen LogP contribution in [0.3, 0.4) is 0 Å². The van der Waals surface area contributed by atoms with Crippen LogP contribution in [0, 0.1) is 5.82 Å². The zero-order valence-corrected chi connectivity index (χ0v) is 12.2. The van der Waals surface area contributed by atoms with Crippen LogP contribution in [0.15, 0.2) is 36.4 Å². The third-order valence-corrected chi connectivity index (χ3v) is 3.75. The van der Waals surface area contributed by atoms with Gasteiger partial charge in [-0.2, -0.15) is 0 Å². The van der Waals surface area contributed by atoms with Gasteiger partial charge in [0.05, 0.1) is 12.5 Å². The molecule has 0 fully saturated rings. The number of benzene rings is 2. The second-order valence-electron chi connectivity index (χ2n) is 3.92. The molecule has 0 radical (unpaired) electrons. The number of ether oxygens (including phenoxy) is 1. The maximum atomic E-state index is 13.7. The van der Waals surface area contributed by atoms with E-state index in [1.165, 1.54) is 19.2 Å². The van der Waals surface area contributed by atoms with Gasteiger partial charge in [-0.15, -0.1) is 11.6 Å². The van der Waals surface area contributed by atoms with E-state index in [0.717, 1.165) is 0 Å². The van der Waals surface area contributed by atoms with Gasteiger partial charge in [0.25, 0.3) is 0 Å². The lowest BCUT2D eigenvalue weighted by atomic mass is 10.0. The molecule has 2 aromatic rings. The first-order valence-corrected chi connectivity index (χ1v) is 6.64. The van der Waals surface area contributed by atoms with Crippen LogP contribution in [0.5, 0.6) is 5.75 Å². The standard InChI is InChI=1S/C14H10Cl3FO/c1-19-13-5-2-8(6-12(13)18)14(17)10-4-3-9(15)7-11(10)16/h2-7,14H,1H3. The highest BCUT2D eigenvalue weighted by Crippen LogP contribution is 2.36. The third kappa shape index (κ3) is 3.14. The maximum Gasteiger partial charge on any atom is 0.165 e. The molecule has 0 aliphatic carbocycles. The Kier molecular flexibility index (Phi) is 4.56. The Labute approximate surface area is 125 Å². The van der Waals surface area contributed by atoms with Crippen LogP contribution < -0.4 is 4.74 Å². The molecule has 100 valence electrons. The number of methoxy groups -OCH3 is 1. The highest BCUT2D eigenvalue weighted by Gasteiger charge is 2.16. The largest absolute Gasteiger partial charge is 0.494 e. The molecule has 0 spiro atoms. The summed E-state index contributed by atoms with van der Waals surface area (Å²) in [6.45, 7) is 0. The Morgan fingerprint density at radius 1 is 1.11 bits per heavy atom. The highest BCUT2D eigenvalue weighted by atomic mass is 35.5. The second kappa shape index (κ2) is 6.00. The molecular formula is C14H10Cl3FO. The van der Waals surface area contributed by atoms with E-state index in [0.29, 0.717) is 21.2 Å². The van der Waals surface area contributed by atoms with E-state index in [1.807, 2.05) is 0 Å². The molecule has 0 saturated carbocycles. The number of hydrogen-bond acceptors (Lipinski definition) is 1. The maximum absolute atomic E-state index is 13.7. The van der Waals surface area contributed by atoms with Crippen LogP contribution in [0.1, 0.15) is 16.5 Å². The molecule has 0 N–H and O–H groups in total. The number of halogens is 4. The summed E-state index contributed by atoms with van der Waals surface area (Å²) in [6.07, 6.45) is 0. The first kappa shape index (κ1) is 14.4. The summed E-state index contributed by atoms with van der Waals surface area (Å²) in [5.41, 5.74) is 1.28. The SMILES string of the molecule is COc1ccc(C(Cl)c2ccc(Cl)cc2Cl)cc1F. The Morgan fingerprint density at radius 2 is 1.84 bits per heavy atom. The van der Waals surface area contributed by atoms with Crippen LogP contribution in [-0.4, -0.2) is 7.11 Å². The van der Waals surface area contributed by atoms with Crippen molar-refractivity contribution in [1.82, 2.24) is 0 Å². The van der Waals surface area contributed by atoms with E-state index in [-0.39, 0.29) is 5.75 Å². The summed E-state index contributed by atoms with van der Waals surface area (Å²) in [5.74, 6) is -0.287. The smallest absolute Gasteiger partial charge is 0.165 e. The molecular weight excluding hydrogens is 310 g/mol. The summed E-state index contributed by atoms with van der Waals surface area (Å²) in [7, 11) is 1.41. The quantitative estimate of drug-likeness (QED) is 0.682. The van der Waals surface area contributed by atoms with Crippen LogP contribution in [0.4, 0.5) is 4.39 Å². The summed E-state index contributed by atoms with van der Waals surface area (Å²) in [5, 5.41) is 0.424. The lowest BCUT2D eigenvalue weighted by Gasteiger charge is -2.13. The molecule has 1 unspecified atom stereocenters. The Bertz CT molecular complexity index is 601. The molecule has 0 bridgehead atoms. The number of rotatable bonds is 3. The fourth-order valence-electron chi connectivity index (χ4n) is 1.73. The first-order valence-electron chi connectivity index (χ1n) is 5.45. The van der Waals surface area contributed by atoms with Crippen molar-refractivity contribution in [3.63, 3.8) is 0 Å². The molecule has 0 amide bonds. The predicted molar refractivity (Wildman–Crippen MR) is 77.1 cm³/mol. The van der Waals surface area contributed by atoms with Crippen molar-refractivity contribution in [2.24, 2.45) is 0 Å². The first-order chi connectivity index (χ1) is 9.02. The highest BCUT2D eigenvalue weighted by molar-refractivity contribution is 6.36. The third-order valence-electron chi connectivity index (χ3n) is 2.70. The van der Waals surface area contributed by atoms with Crippen LogP contribution in [0.25, 0.3) is 0 Å². The van der Waals surface area contributed by atoms with Crippen molar-refractivity contribution in [3.8, 4) is 5.75 Å². The van der Waals surface area contributed by atoms with Crippen molar-refractivity contribution in [3.05, 3.63) is 63.4 Å². The van der Waals surface area contributed by atoms with Crippen molar-refractivity contribution in [2.45, 2.75) is 5.38 Å². The van der Waals surface area contributed by atoms with E-state index >= 15 is 0 Å². The molecule has 19 heavy (non-hydrogen) atoms. The summed E-state index contributed by atoms with van der Waals surface area (Å²) in [6, 6.07) is 9.59. The normalized spacial score (nSPS) is 12.3. The Hall–Kier alpha value is -0.960. The molecule has 2 rings (SSSR count). The summed E-state index contributed by atoms with van der Waals surface area (Å²) < 4.78 is 18.5. The van der Waals surface area contributed by atoms with Crippen LogP contribution >= 0.6 is 34.8 Å². The van der Waals surface area contributed by atoms with Gasteiger partial charge in [0.15, 0.2) is 11.6 Å². The van der Waals surface area contributed by atoms with E-state index in [9.17, 15) is 4.39 Å². The zero-order chi connectivity index (χ0) is 14.0. The van der Waals surface area contributed by atoms with Crippen molar-refractivity contribution < 1.29 is 9.13 Å². The molecule has 0 saturated heterocycles. The van der Waals surface area contributed by atoms with Crippen molar-refractivity contribution >= 4 is 34.8 Å². The average molecular weight is 320 g/mol. The van der Waals surface area contributed by atoms with Crippen LogP contribution in [0.2, 0.25) is 10.0 Å². The van der Waals surface area contributed by atoms with E-state index in [2.05, 4.69) is 0 Å². The fourth-order valence-corrected chi connectivity index (χ4v) is 2.63. The van der Waals surface area contributed by atoms with Gasteiger partial charge in [0, 0.05) is 10.0 Å². The van der Waals surface area contributed by atoms with Gasteiger partial charge in [-0.1, -0.05) is 35.3 Å². The van der Waals surface area contributed by atoms with Gasteiger partial charge in [0.1, 0.15) is 0 Å². The minimum absolute atomic E-state index is 0.176. The number of alkyl halides is 1. The van der Waals surface area contributed by atoms with E-state index in [1.54, 1.807) is 24.3 Å². The molecule has 0 heterocycles. The fraction of sp³-hybridized carbons (Fsp3) is 0.143. The zero-order valence-electron chi connectivity index (χ0n) is 9.96. The average Bonchev–Trinajstić information content (AvgIpc) is 2.38. The van der Waals surface area contributed by atoms with Gasteiger partial charge in [-0.05, 0) is 35.4 Å². The van der Waals surface area contributed by atoms with Gasteiger partial charge in [-0.3, -0.25) is 0 Å². The molecule has 2 aromatic carbocycles. The molecule has 0 aromatic heterocycles. The van der Waals surface area contributed by atoms with E-state index in [4.69, 9.17) is 39.5 Å².